The van der Waals surface area contributed by atoms with Crippen molar-refractivity contribution < 1.29 is 8.42 Å². The predicted octanol–water partition coefficient (Wildman–Crippen LogP) is 0.920. The molecule has 1 atom stereocenters. The van der Waals surface area contributed by atoms with E-state index in [9.17, 15) is 8.42 Å². The van der Waals surface area contributed by atoms with Crippen molar-refractivity contribution in [3.63, 3.8) is 0 Å². The van der Waals surface area contributed by atoms with E-state index in [-0.39, 0.29) is 6.04 Å². The smallest absolute Gasteiger partial charge is 0.282 e. The summed E-state index contributed by atoms with van der Waals surface area (Å²) >= 11 is 0. The molecule has 2 saturated heterocycles. The van der Waals surface area contributed by atoms with Crippen molar-refractivity contribution in [3.8, 4) is 0 Å². The number of hydrogen-bond donors (Lipinski definition) is 1. The third kappa shape index (κ3) is 3.04. The highest BCUT2D eigenvalue weighted by molar-refractivity contribution is 7.86. The molecule has 2 rings (SSSR count). The molecule has 106 valence electrons. The standard InChI is InChI=1S/C12H25N3O2S/c13-8-4-6-12-7-5-11-15(12)18(16,17)14-9-2-1-3-10-14/h12H,1-11,13H2. The Bertz CT molecular complexity index is 352. The van der Waals surface area contributed by atoms with E-state index in [1.807, 2.05) is 0 Å². The molecule has 18 heavy (non-hydrogen) atoms. The summed E-state index contributed by atoms with van der Waals surface area (Å²) in [5, 5.41) is 0. The van der Waals surface area contributed by atoms with Crippen LogP contribution < -0.4 is 5.73 Å². The molecular formula is C12H25N3O2S. The van der Waals surface area contributed by atoms with Gasteiger partial charge >= 0.3 is 0 Å². The summed E-state index contributed by atoms with van der Waals surface area (Å²) in [5.74, 6) is 0. The lowest BCUT2D eigenvalue weighted by Crippen LogP contribution is -2.47. The van der Waals surface area contributed by atoms with Gasteiger partial charge in [-0.1, -0.05) is 6.42 Å². The van der Waals surface area contributed by atoms with E-state index in [2.05, 4.69) is 0 Å². The zero-order valence-corrected chi connectivity index (χ0v) is 11.9. The third-order valence-electron chi connectivity index (χ3n) is 4.00. The first kappa shape index (κ1) is 14.2. The van der Waals surface area contributed by atoms with Gasteiger partial charge in [-0.15, -0.1) is 0 Å². The summed E-state index contributed by atoms with van der Waals surface area (Å²) in [4.78, 5) is 0. The first-order valence-electron chi connectivity index (χ1n) is 7.13. The maximum Gasteiger partial charge on any atom is 0.282 e. The first-order valence-corrected chi connectivity index (χ1v) is 8.53. The number of rotatable bonds is 5. The van der Waals surface area contributed by atoms with Crippen molar-refractivity contribution in [1.82, 2.24) is 8.61 Å². The van der Waals surface area contributed by atoms with E-state index in [0.29, 0.717) is 26.2 Å². The summed E-state index contributed by atoms with van der Waals surface area (Å²) in [5.41, 5.74) is 5.53. The Morgan fingerprint density at radius 1 is 1.06 bits per heavy atom. The fourth-order valence-corrected chi connectivity index (χ4v) is 4.96. The topological polar surface area (TPSA) is 66.6 Å². The summed E-state index contributed by atoms with van der Waals surface area (Å²) in [6.45, 7) is 2.73. The molecule has 0 aromatic rings. The average molecular weight is 275 g/mol. The SMILES string of the molecule is NCCCC1CCCN1S(=O)(=O)N1CCCCC1. The van der Waals surface area contributed by atoms with Crippen molar-refractivity contribution in [2.24, 2.45) is 5.73 Å². The Labute approximate surface area is 110 Å². The van der Waals surface area contributed by atoms with E-state index < -0.39 is 10.2 Å². The van der Waals surface area contributed by atoms with E-state index in [1.165, 1.54) is 0 Å². The number of nitrogens with two attached hydrogens (primary N) is 1. The van der Waals surface area contributed by atoms with Gasteiger partial charge in [0.25, 0.3) is 10.2 Å². The fourth-order valence-electron chi connectivity index (χ4n) is 3.00. The Morgan fingerprint density at radius 3 is 2.44 bits per heavy atom. The highest BCUT2D eigenvalue weighted by Gasteiger charge is 2.37. The van der Waals surface area contributed by atoms with Crippen LogP contribution in [0.15, 0.2) is 0 Å². The monoisotopic (exact) mass is 275 g/mol. The van der Waals surface area contributed by atoms with Crippen LogP contribution in [0.25, 0.3) is 0 Å². The molecule has 0 aliphatic carbocycles. The second-order valence-corrected chi connectivity index (χ2v) is 7.19. The molecule has 0 radical (unpaired) electrons. The zero-order valence-electron chi connectivity index (χ0n) is 11.1. The lowest BCUT2D eigenvalue weighted by molar-refractivity contribution is 0.288. The molecule has 0 bridgehead atoms. The molecular weight excluding hydrogens is 250 g/mol. The van der Waals surface area contributed by atoms with Crippen LogP contribution in [-0.2, 0) is 10.2 Å². The van der Waals surface area contributed by atoms with Crippen LogP contribution in [0.2, 0.25) is 0 Å². The molecule has 0 spiro atoms. The van der Waals surface area contributed by atoms with Gasteiger partial charge < -0.3 is 5.73 Å². The molecule has 2 N–H and O–H groups in total. The largest absolute Gasteiger partial charge is 0.330 e. The van der Waals surface area contributed by atoms with Crippen molar-refractivity contribution in [3.05, 3.63) is 0 Å². The Morgan fingerprint density at radius 2 is 1.78 bits per heavy atom. The maximum absolute atomic E-state index is 12.6. The normalized spacial score (nSPS) is 27.7. The van der Waals surface area contributed by atoms with Crippen LogP contribution >= 0.6 is 0 Å². The van der Waals surface area contributed by atoms with Crippen LogP contribution in [0.5, 0.6) is 0 Å². The first-order chi connectivity index (χ1) is 8.66. The van der Waals surface area contributed by atoms with Crippen molar-refractivity contribution in [1.29, 1.82) is 0 Å². The molecule has 2 fully saturated rings. The second-order valence-electron chi connectivity index (χ2n) is 5.31. The molecule has 0 aromatic heterocycles. The molecule has 2 heterocycles. The third-order valence-corrected chi connectivity index (χ3v) is 6.09. The van der Waals surface area contributed by atoms with Gasteiger partial charge in [0, 0.05) is 25.7 Å². The minimum absolute atomic E-state index is 0.181. The lowest BCUT2D eigenvalue weighted by atomic mass is 10.1. The average Bonchev–Trinajstić information content (AvgIpc) is 2.86. The minimum Gasteiger partial charge on any atom is -0.330 e. The predicted molar refractivity (Wildman–Crippen MR) is 72.4 cm³/mol. The summed E-state index contributed by atoms with van der Waals surface area (Å²) in [7, 11) is -3.22. The number of hydrogen-bond acceptors (Lipinski definition) is 3. The van der Waals surface area contributed by atoms with E-state index >= 15 is 0 Å². The van der Waals surface area contributed by atoms with Crippen LogP contribution in [0, 0.1) is 0 Å². The van der Waals surface area contributed by atoms with Gasteiger partial charge in [-0.3, -0.25) is 0 Å². The number of nitrogens with zero attached hydrogens (tertiary/aromatic N) is 2. The van der Waals surface area contributed by atoms with Crippen LogP contribution in [0.3, 0.4) is 0 Å². The minimum atomic E-state index is -3.22. The molecule has 2 aliphatic rings. The van der Waals surface area contributed by atoms with Gasteiger partial charge in [0.1, 0.15) is 0 Å². The molecule has 5 nitrogen and oxygen atoms in total. The van der Waals surface area contributed by atoms with Crippen LogP contribution in [0.1, 0.15) is 44.9 Å². The summed E-state index contributed by atoms with van der Waals surface area (Å²) in [6, 6.07) is 0.181. The molecule has 0 saturated carbocycles. The van der Waals surface area contributed by atoms with Gasteiger partial charge in [0.05, 0.1) is 0 Å². The molecule has 0 amide bonds. The highest BCUT2D eigenvalue weighted by Crippen LogP contribution is 2.27. The van der Waals surface area contributed by atoms with Crippen molar-refractivity contribution in [2.75, 3.05) is 26.2 Å². The van der Waals surface area contributed by atoms with Gasteiger partial charge in [-0.25, -0.2) is 0 Å². The Hall–Kier alpha value is -0.170. The van der Waals surface area contributed by atoms with E-state index in [1.54, 1.807) is 8.61 Å². The lowest BCUT2D eigenvalue weighted by Gasteiger charge is -2.33. The van der Waals surface area contributed by atoms with E-state index in [0.717, 1.165) is 44.9 Å². The molecule has 0 aromatic carbocycles. The summed E-state index contributed by atoms with van der Waals surface area (Å²) in [6.07, 6.45) is 6.96. The van der Waals surface area contributed by atoms with Gasteiger partial charge in [-0.2, -0.15) is 17.0 Å². The second kappa shape index (κ2) is 6.32. The quantitative estimate of drug-likeness (QED) is 0.811. The van der Waals surface area contributed by atoms with Gasteiger partial charge in [0.15, 0.2) is 0 Å². The summed E-state index contributed by atoms with van der Waals surface area (Å²) < 4.78 is 28.6. The van der Waals surface area contributed by atoms with Gasteiger partial charge in [0.2, 0.25) is 0 Å². The van der Waals surface area contributed by atoms with Crippen LogP contribution in [0.4, 0.5) is 0 Å². The van der Waals surface area contributed by atoms with E-state index in [4.69, 9.17) is 5.73 Å². The van der Waals surface area contributed by atoms with Crippen LogP contribution in [-0.4, -0.2) is 49.2 Å². The fraction of sp³-hybridized carbons (Fsp3) is 1.00. The van der Waals surface area contributed by atoms with Crippen molar-refractivity contribution in [2.45, 2.75) is 51.0 Å². The number of piperidine rings is 1. The van der Waals surface area contributed by atoms with Crippen molar-refractivity contribution >= 4 is 10.2 Å². The Balaban J connectivity index is 2.03. The zero-order chi connectivity index (χ0) is 13.0. The Kier molecular flexibility index (Phi) is 5.00. The maximum atomic E-state index is 12.6. The molecule has 6 heteroatoms. The molecule has 1 unspecified atom stereocenters. The van der Waals surface area contributed by atoms with Gasteiger partial charge in [-0.05, 0) is 45.1 Å². The highest BCUT2D eigenvalue weighted by atomic mass is 32.2. The molecule has 2 aliphatic heterocycles.